The van der Waals surface area contributed by atoms with Crippen molar-refractivity contribution >= 4 is 11.5 Å². The molecular formula is C11H15N3O3. The van der Waals surface area contributed by atoms with Gasteiger partial charge in [0.05, 0.1) is 17.1 Å². The standard InChI is InChI=1S/C11H15N3O3/c1-8-5-9(14(16)17)6-12-10(8)13-11(7-15)3-2-4-11/h5-6,15H,2-4,7H2,1H3,(H,12,13). The minimum absolute atomic E-state index is 0.0142. The van der Waals surface area contributed by atoms with Gasteiger partial charge in [-0.05, 0) is 31.7 Å². The number of rotatable bonds is 4. The largest absolute Gasteiger partial charge is 0.394 e. The van der Waals surface area contributed by atoms with E-state index >= 15 is 0 Å². The summed E-state index contributed by atoms with van der Waals surface area (Å²) in [6.07, 6.45) is 4.13. The molecule has 1 aromatic heterocycles. The van der Waals surface area contributed by atoms with Crippen molar-refractivity contribution in [2.24, 2.45) is 0 Å². The number of nitro groups is 1. The molecule has 1 saturated carbocycles. The highest BCUT2D eigenvalue weighted by atomic mass is 16.6. The molecule has 6 nitrogen and oxygen atoms in total. The summed E-state index contributed by atoms with van der Waals surface area (Å²) in [5.41, 5.74) is 0.423. The second kappa shape index (κ2) is 4.29. The molecule has 0 radical (unpaired) electrons. The van der Waals surface area contributed by atoms with E-state index in [-0.39, 0.29) is 17.8 Å². The SMILES string of the molecule is Cc1cc([N+](=O)[O-])cnc1NC1(CO)CCC1. The number of anilines is 1. The molecule has 6 heteroatoms. The van der Waals surface area contributed by atoms with Gasteiger partial charge in [-0.25, -0.2) is 4.98 Å². The third-order valence-corrected chi connectivity index (χ3v) is 3.27. The third-order valence-electron chi connectivity index (χ3n) is 3.27. The number of aliphatic hydroxyl groups excluding tert-OH is 1. The second-order valence-electron chi connectivity index (χ2n) is 4.53. The highest BCUT2D eigenvalue weighted by Crippen LogP contribution is 2.35. The summed E-state index contributed by atoms with van der Waals surface area (Å²) in [4.78, 5) is 14.2. The molecule has 1 fully saturated rings. The molecule has 0 saturated heterocycles. The van der Waals surface area contributed by atoms with E-state index in [1.54, 1.807) is 6.92 Å². The lowest BCUT2D eigenvalue weighted by Gasteiger charge is -2.41. The van der Waals surface area contributed by atoms with Crippen LogP contribution >= 0.6 is 0 Å². The maximum Gasteiger partial charge on any atom is 0.287 e. The Morgan fingerprint density at radius 3 is 2.76 bits per heavy atom. The van der Waals surface area contributed by atoms with Gasteiger partial charge in [0.15, 0.2) is 0 Å². The Hall–Kier alpha value is -1.69. The lowest BCUT2D eigenvalue weighted by Crippen LogP contribution is -2.48. The average Bonchev–Trinajstić information content (AvgIpc) is 2.25. The van der Waals surface area contributed by atoms with Gasteiger partial charge in [0.1, 0.15) is 12.0 Å². The Morgan fingerprint density at radius 1 is 1.65 bits per heavy atom. The van der Waals surface area contributed by atoms with Crippen LogP contribution < -0.4 is 5.32 Å². The van der Waals surface area contributed by atoms with E-state index in [2.05, 4.69) is 10.3 Å². The van der Waals surface area contributed by atoms with E-state index in [0.717, 1.165) is 24.8 Å². The molecule has 1 aliphatic rings. The van der Waals surface area contributed by atoms with Crippen LogP contribution in [0, 0.1) is 17.0 Å². The molecule has 0 aliphatic heterocycles. The molecule has 0 bridgehead atoms. The van der Waals surface area contributed by atoms with Crippen LogP contribution in [0.3, 0.4) is 0 Å². The molecule has 0 unspecified atom stereocenters. The first kappa shape index (κ1) is 11.8. The van der Waals surface area contributed by atoms with Crippen molar-refractivity contribution in [3.63, 3.8) is 0 Å². The molecule has 2 N–H and O–H groups in total. The summed E-state index contributed by atoms with van der Waals surface area (Å²) in [5.74, 6) is 0.615. The molecule has 17 heavy (non-hydrogen) atoms. The van der Waals surface area contributed by atoms with Crippen LogP contribution in [0.2, 0.25) is 0 Å². The lowest BCUT2D eigenvalue weighted by molar-refractivity contribution is -0.385. The second-order valence-corrected chi connectivity index (χ2v) is 4.53. The van der Waals surface area contributed by atoms with Crippen LogP contribution in [0.5, 0.6) is 0 Å². The first-order chi connectivity index (χ1) is 8.06. The Bertz CT molecular complexity index is 438. The van der Waals surface area contributed by atoms with Gasteiger partial charge in [0.25, 0.3) is 5.69 Å². The van der Waals surface area contributed by atoms with Gasteiger partial charge in [0.2, 0.25) is 0 Å². The zero-order valence-electron chi connectivity index (χ0n) is 9.64. The number of aliphatic hydroxyl groups is 1. The molecule has 1 aromatic rings. The zero-order chi connectivity index (χ0) is 12.5. The zero-order valence-corrected chi connectivity index (χ0v) is 9.64. The summed E-state index contributed by atoms with van der Waals surface area (Å²) in [6, 6.07) is 1.49. The monoisotopic (exact) mass is 237 g/mol. The summed E-state index contributed by atoms with van der Waals surface area (Å²) < 4.78 is 0. The smallest absolute Gasteiger partial charge is 0.287 e. The summed E-state index contributed by atoms with van der Waals surface area (Å²) in [6.45, 7) is 1.83. The predicted octanol–water partition coefficient (Wildman–Crippen LogP) is 1.63. The number of pyridine rings is 1. The molecule has 0 amide bonds. The number of nitrogens with zero attached hydrogens (tertiary/aromatic N) is 2. The van der Waals surface area contributed by atoms with Crippen LogP contribution in [-0.2, 0) is 0 Å². The Morgan fingerprint density at radius 2 is 2.35 bits per heavy atom. The third kappa shape index (κ3) is 2.21. The van der Waals surface area contributed by atoms with E-state index in [0.29, 0.717) is 5.82 Å². The van der Waals surface area contributed by atoms with Gasteiger partial charge in [-0.1, -0.05) is 0 Å². The van der Waals surface area contributed by atoms with E-state index in [9.17, 15) is 15.2 Å². The first-order valence-corrected chi connectivity index (χ1v) is 5.56. The van der Waals surface area contributed by atoms with Crippen LogP contribution in [0.15, 0.2) is 12.3 Å². The minimum Gasteiger partial charge on any atom is -0.394 e. The summed E-state index contributed by atoms with van der Waals surface area (Å²) >= 11 is 0. The molecule has 1 aliphatic carbocycles. The minimum atomic E-state index is -0.463. The van der Waals surface area contributed by atoms with Crippen molar-refractivity contribution in [3.05, 3.63) is 27.9 Å². The number of hydrogen-bond acceptors (Lipinski definition) is 5. The molecule has 0 atom stereocenters. The molecular weight excluding hydrogens is 222 g/mol. The normalized spacial score (nSPS) is 17.3. The van der Waals surface area contributed by atoms with Crippen LogP contribution in [0.1, 0.15) is 24.8 Å². The van der Waals surface area contributed by atoms with Gasteiger partial charge >= 0.3 is 0 Å². The maximum atomic E-state index is 10.6. The number of aromatic nitrogens is 1. The Kier molecular flexibility index (Phi) is 2.97. The van der Waals surface area contributed by atoms with E-state index in [1.165, 1.54) is 12.3 Å². The highest BCUT2D eigenvalue weighted by molar-refractivity contribution is 5.50. The van der Waals surface area contributed by atoms with Crippen molar-refractivity contribution in [3.8, 4) is 0 Å². The van der Waals surface area contributed by atoms with Crippen molar-refractivity contribution in [2.45, 2.75) is 31.7 Å². The molecule has 2 rings (SSSR count). The van der Waals surface area contributed by atoms with Gasteiger partial charge in [-0.3, -0.25) is 10.1 Å². The van der Waals surface area contributed by atoms with Crippen molar-refractivity contribution in [1.82, 2.24) is 4.98 Å². The first-order valence-electron chi connectivity index (χ1n) is 5.56. The van der Waals surface area contributed by atoms with Crippen molar-refractivity contribution in [2.75, 3.05) is 11.9 Å². The Labute approximate surface area is 98.8 Å². The Balaban J connectivity index is 2.19. The predicted molar refractivity (Wildman–Crippen MR) is 62.9 cm³/mol. The topological polar surface area (TPSA) is 88.3 Å². The summed E-state index contributed by atoms with van der Waals surface area (Å²) in [7, 11) is 0. The van der Waals surface area contributed by atoms with E-state index in [1.807, 2.05) is 0 Å². The highest BCUT2D eigenvalue weighted by Gasteiger charge is 2.36. The molecule has 92 valence electrons. The fourth-order valence-electron chi connectivity index (χ4n) is 1.97. The van der Waals surface area contributed by atoms with Crippen LogP contribution in [-0.4, -0.2) is 27.2 Å². The fraction of sp³-hybridized carbons (Fsp3) is 0.545. The van der Waals surface area contributed by atoms with E-state index < -0.39 is 4.92 Å². The number of aryl methyl sites for hydroxylation is 1. The lowest BCUT2D eigenvalue weighted by atomic mass is 9.77. The number of hydrogen-bond donors (Lipinski definition) is 2. The van der Waals surface area contributed by atoms with E-state index in [4.69, 9.17) is 0 Å². The fourth-order valence-corrected chi connectivity index (χ4v) is 1.97. The van der Waals surface area contributed by atoms with Gasteiger partial charge < -0.3 is 10.4 Å². The molecule has 0 spiro atoms. The maximum absolute atomic E-state index is 10.6. The van der Waals surface area contributed by atoms with Crippen LogP contribution in [0.25, 0.3) is 0 Å². The molecule has 0 aromatic carbocycles. The van der Waals surface area contributed by atoms with Crippen molar-refractivity contribution < 1.29 is 10.0 Å². The molecule has 1 heterocycles. The van der Waals surface area contributed by atoms with Gasteiger partial charge in [0, 0.05) is 6.07 Å². The summed E-state index contributed by atoms with van der Waals surface area (Å²) in [5, 5.41) is 23.1. The van der Waals surface area contributed by atoms with Crippen LogP contribution in [0.4, 0.5) is 11.5 Å². The van der Waals surface area contributed by atoms with Gasteiger partial charge in [-0.15, -0.1) is 0 Å². The van der Waals surface area contributed by atoms with Gasteiger partial charge in [-0.2, -0.15) is 0 Å². The number of nitrogens with one attached hydrogen (secondary N) is 1. The quantitative estimate of drug-likeness (QED) is 0.613. The average molecular weight is 237 g/mol. The van der Waals surface area contributed by atoms with Crippen molar-refractivity contribution in [1.29, 1.82) is 0 Å².